The maximum atomic E-state index is 12.3. The lowest BCUT2D eigenvalue weighted by atomic mass is 9.90. The topological polar surface area (TPSA) is 59.0 Å². The molecule has 5 heteroatoms. The van der Waals surface area contributed by atoms with Crippen LogP contribution in [0.15, 0.2) is 30.6 Å². The molecule has 2 N–H and O–H groups in total. The average Bonchev–Trinajstić information content (AvgIpc) is 3.07. The molecule has 2 aliphatic rings. The molecule has 1 aliphatic carbocycles. The van der Waals surface area contributed by atoms with Crippen LogP contribution in [0.2, 0.25) is 0 Å². The van der Waals surface area contributed by atoms with E-state index in [9.17, 15) is 4.79 Å². The molecule has 25 heavy (non-hydrogen) atoms. The van der Waals surface area contributed by atoms with Crippen LogP contribution in [0.5, 0.6) is 0 Å². The van der Waals surface area contributed by atoms with E-state index in [2.05, 4.69) is 38.5 Å². The summed E-state index contributed by atoms with van der Waals surface area (Å²) in [4.78, 5) is 16.8. The second-order valence-corrected chi connectivity index (χ2v) is 7.56. The Morgan fingerprint density at radius 2 is 2.08 bits per heavy atom. The molecule has 1 aliphatic heterocycles. The van der Waals surface area contributed by atoms with Crippen LogP contribution in [0, 0.1) is 0 Å². The first-order valence-corrected chi connectivity index (χ1v) is 9.74. The number of fused-ring (bicyclic) bond motifs is 1. The third kappa shape index (κ3) is 3.87. The van der Waals surface area contributed by atoms with Gasteiger partial charge in [0.05, 0.1) is 0 Å². The molecule has 1 saturated heterocycles. The summed E-state index contributed by atoms with van der Waals surface area (Å²) in [6, 6.07) is 7.46. The van der Waals surface area contributed by atoms with Crippen molar-refractivity contribution in [2.24, 2.45) is 0 Å². The number of hydrogen-bond acceptors (Lipinski definition) is 3. The van der Waals surface area contributed by atoms with Gasteiger partial charge in [-0.2, -0.15) is 0 Å². The second-order valence-electron chi connectivity index (χ2n) is 7.56. The Balaban J connectivity index is 1.28. The predicted octanol–water partition coefficient (Wildman–Crippen LogP) is 3.17. The summed E-state index contributed by atoms with van der Waals surface area (Å²) in [6.45, 7) is 1.06. The van der Waals surface area contributed by atoms with Crippen LogP contribution in [0.3, 0.4) is 0 Å². The number of pyridine rings is 1. The number of nitrogens with one attached hydrogen (secondary N) is 2. The standard InChI is InChI=1S/C20H28N4O/c25-19(14-17-5-1-2-11-21-17)23-16-6-8-18(9-7-16)24-13-10-15-4-3-12-22-20(15)24/h3-4,10,12-13,16-18,21H,1-2,5-9,11,14H2,(H,23,25). The van der Waals surface area contributed by atoms with E-state index >= 15 is 0 Å². The number of rotatable bonds is 4. The smallest absolute Gasteiger partial charge is 0.221 e. The summed E-state index contributed by atoms with van der Waals surface area (Å²) in [5.74, 6) is 0.218. The van der Waals surface area contributed by atoms with E-state index in [1.54, 1.807) is 0 Å². The number of amides is 1. The molecule has 4 rings (SSSR count). The molecule has 1 saturated carbocycles. The number of aromatic nitrogens is 2. The van der Waals surface area contributed by atoms with Gasteiger partial charge in [0.1, 0.15) is 5.65 Å². The molecule has 0 aromatic carbocycles. The Kier molecular flexibility index (Phi) is 5.02. The lowest BCUT2D eigenvalue weighted by Crippen LogP contribution is -2.43. The van der Waals surface area contributed by atoms with E-state index in [1.165, 1.54) is 18.2 Å². The van der Waals surface area contributed by atoms with Crippen molar-refractivity contribution in [2.45, 2.75) is 69.5 Å². The molecule has 2 fully saturated rings. The summed E-state index contributed by atoms with van der Waals surface area (Å²) in [5, 5.41) is 7.93. The van der Waals surface area contributed by atoms with Gasteiger partial charge >= 0.3 is 0 Å². The van der Waals surface area contributed by atoms with Gasteiger partial charge in [-0.25, -0.2) is 4.98 Å². The zero-order valence-corrected chi connectivity index (χ0v) is 14.8. The van der Waals surface area contributed by atoms with Crippen molar-refractivity contribution in [3.05, 3.63) is 30.6 Å². The fraction of sp³-hybridized carbons (Fsp3) is 0.600. The first-order valence-electron chi connectivity index (χ1n) is 9.74. The van der Waals surface area contributed by atoms with E-state index < -0.39 is 0 Å². The number of nitrogens with zero attached hydrogens (tertiary/aromatic N) is 2. The minimum Gasteiger partial charge on any atom is -0.353 e. The quantitative estimate of drug-likeness (QED) is 0.899. The zero-order chi connectivity index (χ0) is 17.1. The Morgan fingerprint density at radius 1 is 1.20 bits per heavy atom. The predicted molar refractivity (Wildman–Crippen MR) is 99.4 cm³/mol. The fourth-order valence-electron chi connectivity index (χ4n) is 4.39. The summed E-state index contributed by atoms with van der Waals surface area (Å²) >= 11 is 0. The number of carbonyl (C=O) groups excluding carboxylic acids is 1. The van der Waals surface area contributed by atoms with Gasteiger partial charge in [-0.15, -0.1) is 0 Å². The van der Waals surface area contributed by atoms with Gasteiger partial charge in [-0.05, 0) is 63.3 Å². The first-order chi connectivity index (χ1) is 12.3. The molecule has 134 valence electrons. The highest BCUT2D eigenvalue weighted by Crippen LogP contribution is 2.31. The molecule has 2 aromatic heterocycles. The van der Waals surface area contributed by atoms with Crippen molar-refractivity contribution in [2.75, 3.05) is 6.54 Å². The summed E-state index contributed by atoms with van der Waals surface area (Å²) in [5.41, 5.74) is 1.08. The fourth-order valence-corrected chi connectivity index (χ4v) is 4.39. The third-order valence-electron chi connectivity index (χ3n) is 5.78. The Bertz CT molecular complexity index is 711. The lowest BCUT2D eigenvalue weighted by molar-refractivity contribution is -0.122. The zero-order valence-electron chi connectivity index (χ0n) is 14.8. The van der Waals surface area contributed by atoms with Gasteiger partial charge in [-0.3, -0.25) is 4.79 Å². The highest BCUT2D eigenvalue weighted by atomic mass is 16.1. The second kappa shape index (κ2) is 7.56. The van der Waals surface area contributed by atoms with Gasteiger partial charge < -0.3 is 15.2 Å². The summed E-state index contributed by atoms with van der Waals surface area (Å²) in [6.07, 6.45) is 12.6. The van der Waals surface area contributed by atoms with Gasteiger partial charge in [0.15, 0.2) is 0 Å². The molecule has 1 unspecified atom stereocenters. The first kappa shape index (κ1) is 16.6. The molecule has 2 aromatic rings. The minimum absolute atomic E-state index is 0.218. The molecule has 0 spiro atoms. The number of hydrogen-bond donors (Lipinski definition) is 2. The summed E-state index contributed by atoms with van der Waals surface area (Å²) < 4.78 is 2.32. The van der Waals surface area contributed by atoms with Crippen molar-refractivity contribution < 1.29 is 4.79 Å². The number of piperidine rings is 1. The van der Waals surface area contributed by atoms with E-state index in [4.69, 9.17) is 0 Å². The van der Waals surface area contributed by atoms with Crippen molar-refractivity contribution in [1.82, 2.24) is 20.2 Å². The largest absolute Gasteiger partial charge is 0.353 e. The van der Waals surface area contributed by atoms with E-state index in [-0.39, 0.29) is 5.91 Å². The van der Waals surface area contributed by atoms with Crippen LogP contribution >= 0.6 is 0 Å². The molecule has 1 atom stereocenters. The Labute approximate surface area is 149 Å². The molecule has 0 bridgehead atoms. The average molecular weight is 340 g/mol. The molecule has 5 nitrogen and oxygen atoms in total. The van der Waals surface area contributed by atoms with Crippen LogP contribution in [0.4, 0.5) is 0 Å². The number of carbonyl (C=O) groups is 1. The van der Waals surface area contributed by atoms with Gasteiger partial charge in [0.2, 0.25) is 5.91 Å². The van der Waals surface area contributed by atoms with Crippen LogP contribution in [0.25, 0.3) is 11.0 Å². The Morgan fingerprint density at radius 3 is 2.88 bits per heavy atom. The van der Waals surface area contributed by atoms with Crippen LogP contribution in [-0.4, -0.2) is 34.1 Å². The van der Waals surface area contributed by atoms with E-state index in [1.807, 2.05) is 12.3 Å². The molecular formula is C20H28N4O. The Hall–Kier alpha value is -1.88. The highest BCUT2D eigenvalue weighted by molar-refractivity contribution is 5.77. The highest BCUT2D eigenvalue weighted by Gasteiger charge is 2.25. The van der Waals surface area contributed by atoms with Crippen molar-refractivity contribution in [3.63, 3.8) is 0 Å². The van der Waals surface area contributed by atoms with E-state index in [0.29, 0.717) is 24.5 Å². The molecular weight excluding hydrogens is 312 g/mol. The van der Waals surface area contributed by atoms with Gasteiger partial charge in [-0.1, -0.05) is 6.42 Å². The van der Waals surface area contributed by atoms with Gasteiger partial charge in [0.25, 0.3) is 0 Å². The van der Waals surface area contributed by atoms with Crippen LogP contribution < -0.4 is 10.6 Å². The van der Waals surface area contributed by atoms with Crippen molar-refractivity contribution >= 4 is 16.9 Å². The maximum Gasteiger partial charge on any atom is 0.221 e. The van der Waals surface area contributed by atoms with Crippen molar-refractivity contribution in [3.8, 4) is 0 Å². The monoisotopic (exact) mass is 340 g/mol. The molecule has 3 heterocycles. The lowest BCUT2D eigenvalue weighted by Gasteiger charge is -2.31. The van der Waals surface area contributed by atoms with Crippen molar-refractivity contribution in [1.29, 1.82) is 0 Å². The summed E-state index contributed by atoms with van der Waals surface area (Å²) in [7, 11) is 0. The SMILES string of the molecule is O=C(CC1CCCCN1)NC1CCC(n2ccc3cccnc32)CC1. The van der Waals surface area contributed by atoms with Crippen LogP contribution in [-0.2, 0) is 4.79 Å². The normalized spacial score (nSPS) is 27.3. The minimum atomic E-state index is 0.218. The van der Waals surface area contributed by atoms with Crippen LogP contribution in [0.1, 0.15) is 57.4 Å². The maximum absolute atomic E-state index is 12.3. The van der Waals surface area contributed by atoms with E-state index in [0.717, 1.165) is 44.3 Å². The third-order valence-corrected chi connectivity index (χ3v) is 5.78. The molecule has 0 radical (unpaired) electrons. The van der Waals surface area contributed by atoms with Gasteiger partial charge in [0, 0.05) is 42.3 Å². The molecule has 1 amide bonds.